The Labute approximate surface area is 126 Å². The van der Waals surface area contributed by atoms with E-state index < -0.39 is 33.9 Å². The molecule has 0 N–H and O–H groups in total. The van der Waals surface area contributed by atoms with Gasteiger partial charge in [-0.3, -0.25) is 0 Å². The third-order valence-corrected chi connectivity index (χ3v) is 4.47. The van der Waals surface area contributed by atoms with E-state index in [-0.39, 0.29) is 11.2 Å². The minimum Gasteiger partial charge on any atom is -0.399 e. The van der Waals surface area contributed by atoms with E-state index in [0.717, 1.165) is 0 Å². The summed E-state index contributed by atoms with van der Waals surface area (Å²) in [5, 5.41) is 0. The van der Waals surface area contributed by atoms with Crippen molar-refractivity contribution in [3.8, 4) is 0 Å². The van der Waals surface area contributed by atoms with Crippen molar-refractivity contribution in [1.82, 2.24) is 0 Å². The second kappa shape index (κ2) is 5.07. The van der Waals surface area contributed by atoms with Gasteiger partial charge in [0, 0.05) is 27.7 Å². The zero-order valence-electron chi connectivity index (χ0n) is 13.3. The van der Waals surface area contributed by atoms with Crippen LogP contribution in [0, 0.1) is 5.82 Å². The molecule has 1 aliphatic rings. The molecule has 0 amide bonds. The van der Waals surface area contributed by atoms with Crippen LogP contribution in [0.2, 0.25) is 0 Å². The summed E-state index contributed by atoms with van der Waals surface area (Å²) in [5.74, 6) is -0.549. The Kier molecular flexibility index (Phi) is 3.97. The van der Waals surface area contributed by atoms with E-state index in [1.807, 2.05) is 27.7 Å². The molecule has 1 aromatic carbocycles. The Morgan fingerprint density at radius 2 is 1.67 bits per heavy atom. The van der Waals surface area contributed by atoms with Crippen molar-refractivity contribution < 1.29 is 17.9 Å². The summed E-state index contributed by atoms with van der Waals surface area (Å²) in [6, 6.07) is 4.76. The van der Waals surface area contributed by atoms with Gasteiger partial charge in [0.05, 0.1) is 11.2 Å². The monoisotopic (exact) mass is 313 g/mol. The maximum atomic E-state index is 14.6. The minimum absolute atomic E-state index is 0.0669. The van der Waals surface area contributed by atoms with Crippen molar-refractivity contribution in [2.75, 3.05) is 12.5 Å². The number of rotatable bonds is 2. The Morgan fingerprint density at radius 1 is 1.14 bits per heavy atom. The van der Waals surface area contributed by atoms with E-state index in [2.05, 4.69) is 4.36 Å². The lowest BCUT2D eigenvalue weighted by Gasteiger charge is -2.32. The largest absolute Gasteiger partial charge is 0.497 e. The van der Waals surface area contributed by atoms with Crippen LogP contribution >= 0.6 is 0 Å². The molecule has 0 atom stereocenters. The number of hydrogen-bond donors (Lipinski definition) is 0. The molecule has 0 bridgehead atoms. The number of halogens is 1. The average molecular weight is 313 g/mol. The summed E-state index contributed by atoms with van der Waals surface area (Å²) in [6.45, 7) is 7.63. The lowest BCUT2D eigenvalue weighted by Crippen LogP contribution is -2.41. The van der Waals surface area contributed by atoms with E-state index in [9.17, 15) is 8.60 Å². The molecule has 0 aliphatic carbocycles. The first kappa shape index (κ1) is 16.5. The Hall–Kier alpha value is -0.915. The van der Waals surface area contributed by atoms with Gasteiger partial charge in [-0.05, 0) is 33.8 Å². The normalized spacial score (nSPS) is 20.6. The first-order valence-corrected chi connectivity index (χ1v) is 9.07. The summed E-state index contributed by atoms with van der Waals surface area (Å²) >= 11 is 0. The van der Waals surface area contributed by atoms with Gasteiger partial charge in [-0.15, -0.1) is 0 Å². The molecule has 1 aliphatic heterocycles. The molecular weight excluding hydrogens is 292 g/mol. The molecule has 7 heteroatoms. The summed E-state index contributed by atoms with van der Waals surface area (Å²) < 4.78 is 41.9. The van der Waals surface area contributed by atoms with Crippen LogP contribution in [0.5, 0.6) is 0 Å². The molecule has 2 rings (SSSR count). The molecule has 1 heterocycles. The van der Waals surface area contributed by atoms with Gasteiger partial charge in [-0.2, -0.15) is 4.36 Å². The molecule has 0 saturated carbocycles. The van der Waals surface area contributed by atoms with E-state index in [0.29, 0.717) is 0 Å². The van der Waals surface area contributed by atoms with Gasteiger partial charge < -0.3 is 9.31 Å². The van der Waals surface area contributed by atoms with Crippen LogP contribution in [0.1, 0.15) is 27.7 Å². The van der Waals surface area contributed by atoms with Crippen molar-refractivity contribution in [2.24, 2.45) is 4.36 Å². The van der Waals surface area contributed by atoms with Gasteiger partial charge in [0.25, 0.3) is 0 Å². The van der Waals surface area contributed by atoms with Crippen molar-refractivity contribution in [2.45, 2.75) is 38.9 Å². The van der Waals surface area contributed by atoms with Crippen LogP contribution in [0.25, 0.3) is 0 Å². The molecule has 0 spiro atoms. The molecule has 4 nitrogen and oxygen atoms in total. The maximum absolute atomic E-state index is 14.6. The zero-order chi connectivity index (χ0) is 16.1. The van der Waals surface area contributed by atoms with Crippen LogP contribution in [-0.4, -0.2) is 35.0 Å². The van der Waals surface area contributed by atoms with Gasteiger partial charge >= 0.3 is 7.12 Å². The molecule has 1 saturated heterocycles. The maximum Gasteiger partial charge on any atom is 0.497 e. The van der Waals surface area contributed by atoms with Crippen molar-refractivity contribution >= 4 is 28.0 Å². The highest BCUT2D eigenvalue weighted by Gasteiger charge is 2.52. The Bertz CT molecular complexity index is 657. The van der Waals surface area contributed by atoms with E-state index >= 15 is 0 Å². The van der Waals surface area contributed by atoms with Crippen molar-refractivity contribution in [3.05, 3.63) is 24.0 Å². The van der Waals surface area contributed by atoms with Gasteiger partial charge in [0.2, 0.25) is 0 Å². The molecule has 1 fully saturated rings. The SMILES string of the molecule is CC1(C)OB(c2cccc(N=S(C)(C)=O)c2F)OC1(C)C. The standard InChI is InChI=1S/C14H21BFNO3S/c1-13(2)14(3,4)20-15(19-13)10-8-7-9-11(12(10)16)17-21(5,6)18/h7-9H,1-6H3. The van der Waals surface area contributed by atoms with E-state index in [1.54, 1.807) is 12.1 Å². The van der Waals surface area contributed by atoms with Crippen LogP contribution in [0.3, 0.4) is 0 Å². The van der Waals surface area contributed by atoms with Crippen LogP contribution in [0.4, 0.5) is 10.1 Å². The molecule has 116 valence electrons. The first-order valence-electron chi connectivity index (χ1n) is 6.74. The van der Waals surface area contributed by atoms with E-state index in [1.165, 1.54) is 18.6 Å². The lowest BCUT2D eigenvalue weighted by molar-refractivity contribution is 0.00578. The quantitative estimate of drug-likeness (QED) is 0.788. The lowest BCUT2D eigenvalue weighted by atomic mass is 9.78. The van der Waals surface area contributed by atoms with Crippen LogP contribution in [0.15, 0.2) is 22.6 Å². The average Bonchev–Trinajstić information content (AvgIpc) is 2.49. The Morgan fingerprint density at radius 3 is 2.14 bits per heavy atom. The second-order valence-corrected chi connectivity index (χ2v) is 9.09. The molecule has 0 unspecified atom stereocenters. The predicted molar refractivity (Wildman–Crippen MR) is 84.2 cm³/mol. The van der Waals surface area contributed by atoms with Crippen molar-refractivity contribution in [1.29, 1.82) is 0 Å². The smallest absolute Gasteiger partial charge is 0.399 e. The summed E-state index contributed by atoms with van der Waals surface area (Å²) in [4.78, 5) is 0. The molecule has 1 aromatic rings. The third-order valence-electron chi connectivity index (χ3n) is 3.83. The van der Waals surface area contributed by atoms with Gasteiger partial charge in [-0.25, -0.2) is 8.60 Å². The highest BCUT2D eigenvalue weighted by molar-refractivity contribution is 7.92. The fourth-order valence-corrected chi connectivity index (χ4v) is 2.61. The number of benzene rings is 1. The fourth-order valence-electron chi connectivity index (χ4n) is 2.00. The molecule has 21 heavy (non-hydrogen) atoms. The highest BCUT2D eigenvalue weighted by Crippen LogP contribution is 2.37. The summed E-state index contributed by atoms with van der Waals surface area (Å²) in [7, 11) is -3.23. The van der Waals surface area contributed by atoms with Gasteiger partial charge in [-0.1, -0.05) is 12.1 Å². The van der Waals surface area contributed by atoms with E-state index in [4.69, 9.17) is 9.31 Å². The van der Waals surface area contributed by atoms with Crippen LogP contribution < -0.4 is 5.46 Å². The highest BCUT2D eigenvalue weighted by atomic mass is 32.2. The predicted octanol–water partition coefficient (Wildman–Crippen LogP) is 2.48. The van der Waals surface area contributed by atoms with Gasteiger partial charge in [0.15, 0.2) is 0 Å². The number of nitrogens with zero attached hydrogens (tertiary/aromatic N) is 1. The van der Waals surface area contributed by atoms with Gasteiger partial charge in [0.1, 0.15) is 11.5 Å². The van der Waals surface area contributed by atoms with Crippen molar-refractivity contribution in [3.63, 3.8) is 0 Å². The minimum atomic E-state index is -2.43. The molecule has 0 aromatic heterocycles. The summed E-state index contributed by atoms with van der Waals surface area (Å²) in [5.41, 5.74) is -0.739. The topological polar surface area (TPSA) is 47.9 Å². The zero-order valence-corrected chi connectivity index (χ0v) is 14.1. The number of hydrogen-bond acceptors (Lipinski definition) is 4. The Balaban J connectivity index is 2.44. The van der Waals surface area contributed by atoms with Crippen LogP contribution in [-0.2, 0) is 19.0 Å². The fraction of sp³-hybridized carbons (Fsp3) is 0.571. The third kappa shape index (κ3) is 3.30. The molecule has 0 radical (unpaired) electrons. The first-order chi connectivity index (χ1) is 9.43. The molecular formula is C14H21BFNO3S. The second-order valence-electron chi connectivity index (χ2n) is 6.54. The summed E-state index contributed by atoms with van der Waals surface area (Å²) in [6.07, 6.45) is 2.93.